The first kappa shape index (κ1) is 12.3. The van der Waals surface area contributed by atoms with Crippen LogP contribution in [0.5, 0.6) is 0 Å². The van der Waals surface area contributed by atoms with Gasteiger partial charge in [-0.15, -0.1) is 0 Å². The van der Waals surface area contributed by atoms with Crippen LogP contribution in [-0.4, -0.2) is 24.3 Å². The molecule has 2 rings (SSSR count). The lowest BCUT2D eigenvalue weighted by molar-refractivity contribution is -0.164. The number of allylic oxidation sites excluding steroid dienone is 5. The summed E-state index contributed by atoms with van der Waals surface area (Å²) in [6, 6.07) is 0. The van der Waals surface area contributed by atoms with E-state index in [2.05, 4.69) is 4.74 Å². The molecule has 2 aliphatic carbocycles. The second kappa shape index (κ2) is 5.00. The van der Waals surface area contributed by atoms with Gasteiger partial charge in [-0.05, 0) is 37.5 Å². The number of ketones is 1. The van der Waals surface area contributed by atoms with Gasteiger partial charge >= 0.3 is 11.9 Å². The van der Waals surface area contributed by atoms with Gasteiger partial charge in [0.1, 0.15) is 5.76 Å². The highest BCUT2D eigenvalue weighted by Gasteiger charge is 2.31. The van der Waals surface area contributed by atoms with E-state index in [0.717, 1.165) is 18.4 Å². The van der Waals surface area contributed by atoms with Crippen LogP contribution in [0, 0.1) is 0 Å². The summed E-state index contributed by atoms with van der Waals surface area (Å²) in [5.41, 5.74) is 1.25. The van der Waals surface area contributed by atoms with Gasteiger partial charge in [-0.2, -0.15) is 0 Å². The van der Waals surface area contributed by atoms with Crippen LogP contribution in [0.15, 0.2) is 35.1 Å². The first-order chi connectivity index (χ1) is 8.63. The lowest BCUT2D eigenvalue weighted by Gasteiger charge is -2.20. The molecule has 5 heteroatoms. The zero-order valence-corrected chi connectivity index (χ0v) is 9.89. The van der Waals surface area contributed by atoms with Crippen LogP contribution >= 0.6 is 0 Å². The van der Waals surface area contributed by atoms with Gasteiger partial charge < -0.3 is 9.47 Å². The Labute approximate surface area is 104 Å². The molecule has 18 heavy (non-hydrogen) atoms. The standard InChI is InChI=1S/C13H12O5/c1-2-17-12(15)13(16)18-10-7-8-5-3-4-6-9(14)11(8)10/h4,6-7H,2-3,5H2,1H3. The van der Waals surface area contributed by atoms with E-state index in [0.29, 0.717) is 5.57 Å². The van der Waals surface area contributed by atoms with Gasteiger partial charge in [0, 0.05) is 0 Å². The number of hydrogen-bond donors (Lipinski definition) is 0. The Balaban J connectivity index is 2.01. The molecule has 94 valence electrons. The zero-order chi connectivity index (χ0) is 13.1. The smallest absolute Gasteiger partial charge is 0.422 e. The fourth-order valence-electron chi connectivity index (χ4n) is 1.78. The third-order valence-corrected chi connectivity index (χ3v) is 2.61. The van der Waals surface area contributed by atoms with Crippen molar-refractivity contribution in [3.8, 4) is 0 Å². The van der Waals surface area contributed by atoms with Crippen LogP contribution in [0.2, 0.25) is 0 Å². The largest absolute Gasteiger partial charge is 0.458 e. The van der Waals surface area contributed by atoms with Gasteiger partial charge in [0.25, 0.3) is 0 Å². The Kier molecular flexibility index (Phi) is 3.41. The SMILES string of the molecule is CCOC(=O)C(=O)OC1=CC2=C1C(=O)C=CCC2. The van der Waals surface area contributed by atoms with E-state index in [-0.39, 0.29) is 18.1 Å². The fourth-order valence-corrected chi connectivity index (χ4v) is 1.78. The van der Waals surface area contributed by atoms with E-state index in [1.165, 1.54) is 6.08 Å². The van der Waals surface area contributed by atoms with E-state index in [9.17, 15) is 14.4 Å². The Morgan fingerprint density at radius 3 is 2.83 bits per heavy atom. The molecule has 0 aromatic carbocycles. The normalized spacial score (nSPS) is 17.4. The van der Waals surface area contributed by atoms with E-state index >= 15 is 0 Å². The van der Waals surface area contributed by atoms with Crippen molar-refractivity contribution in [3.63, 3.8) is 0 Å². The summed E-state index contributed by atoms with van der Waals surface area (Å²) in [5, 5.41) is 0. The predicted octanol–water partition coefficient (Wildman–Crippen LogP) is 1.21. The average Bonchev–Trinajstić information content (AvgIpc) is 2.44. The number of carbonyl (C=O) groups excluding carboxylic acids is 3. The second-order valence-corrected chi connectivity index (χ2v) is 3.82. The molecular weight excluding hydrogens is 236 g/mol. The summed E-state index contributed by atoms with van der Waals surface area (Å²) in [7, 11) is 0. The van der Waals surface area contributed by atoms with Crippen LogP contribution in [0.4, 0.5) is 0 Å². The molecule has 0 spiro atoms. The molecule has 0 radical (unpaired) electrons. The van der Waals surface area contributed by atoms with Crippen LogP contribution < -0.4 is 0 Å². The van der Waals surface area contributed by atoms with E-state index in [1.54, 1.807) is 19.1 Å². The monoisotopic (exact) mass is 248 g/mol. The lowest BCUT2D eigenvalue weighted by atomic mass is 9.91. The van der Waals surface area contributed by atoms with Gasteiger partial charge in [-0.1, -0.05) is 6.08 Å². The molecule has 0 amide bonds. The molecule has 0 heterocycles. The van der Waals surface area contributed by atoms with E-state index in [1.807, 2.05) is 0 Å². The van der Waals surface area contributed by atoms with Gasteiger partial charge in [0.2, 0.25) is 0 Å². The molecule has 0 atom stereocenters. The van der Waals surface area contributed by atoms with Crippen molar-refractivity contribution in [3.05, 3.63) is 35.1 Å². The van der Waals surface area contributed by atoms with Crippen molar-refractivity contribution in [1.82, 2.24) is 0 Å². The highest BCUT2D eigenvalue weighted by atomic mass is 16.6. The molecule has 0 saturated heterocycles. The summed E-state index contributed by atoms with van der Waals surface area (Å²) in [5.74, 6) is -2.20. The summed E-state index contributed by atoms with van der Waals surface area (Å²) in [4.78, 5) is 34.1. The number of ether oxygens (including phenoxy) is 2. The third kappa shape index (κ3) is 2.25. The minimum atomic E-state index is -1.10. The zero-order valence-electron chi connectivity index (χ0n) is 9.89. The number of rotatable bonds is 2. The van der Waals surface area contributed by atoms with Crippen LogP contribution in [0.3, 0.4) is 0 Å². The molecule has 0 aromatic rings. The molecule has 2 aliphatic rings. The highest BCUT2D eigenvalue weighted by molar-refractivity contribution is 6.30. The van der Waals surface area contributed by atoms with Crippen molar-refractivity contribution in [2.75, 3.05) is 6.61 Å². The van der Waals surface area contributed by atoms with Crippen molar-refractivity contribution in [2.45, 2.75) is 19.8 Å². The number of carbonyl (C=O) groups is 3. The summed E-state index contributed by atoms with van der Waals surface area (Å²) < 4.78 is 9.34. The van der Waals surface area contributed by atoms with Crippen molar-refractivity contribution in [2.24, 2.45) is 0 Å². The summed E-state index contributed by atoms with van der Waals surface area (Å²) in [6.07, 6.45) is 6.35. The average molecular weight is 248 g/mol. The van der Waals surface area contributed by atoms with Crippen LogP contribution in [-0.2, 0) is 23.9 Å². The van der Waals surface area contributed by atoms with Gasteiger partial charge in [-0.3, -0.25) is 4.79 Å². The second-order valence-electron chi connectivity index (χ2n) is 3.82. The quantitative estimate of drug-likeness (QED) is 0.542. The van der Waals surface area contributed by atoms with Crippen LogP contribution in [0.1, 0.15) is 19.8 Å². The fraction of sp³-hybridized carbons (Fsp3) is 0.308. The Hall–Kier alpha value is -2.17. The minimum Gasteiger partial charge on any atom is -0.458 e. The Morgan fingerprint density at radius 2 is 2.11 bits per heavy atom. The molecule has 0 N–H and O–H groups in total. The topological polar surface area (TPSA) is 69.7 Å². The molecule has 0 fully saturated rings. The maximum atomic E-state index is 11.7. The molecule has 0 aliphatic heterocycles. The minimum absolute atomic E-state index is 0.0998. The maximum absolute atomic E-state index is 11.7. The molecule has 0 bridgehead atoms. The molecule has 0 aromatic heterocycles. The van der Waals surface area contributed by atoms with Crippen molar-refractivity contribution < 1.29 is 23.9 Å². The maximum Gasteiger partial charge on any atom is 0.422 e. The van der Waals surface area contributed by atoms with Gasteiger partial charge in [-0.25, -0.2) is 9.59 Å². The predicted molar refractivity (Wildman–Crippen MR) is 61.2 cm³/mol. The third-order valence-electron chi connectivity index (χ3n) is 2.61. The summed E-state index contributed by atoms with van der Waals surface area (Å²) >= 11 is 0. The molecule has 0 saturated carbocycles. The molecule has 0 unspecified atom stereocenters. The van der Waals surface area contributed by atoms with Gasteiger partial charge in [0.15, 0.2) is 5.78 Å². The Morgan fingerprint density at radius 1 is 1.33 bits per heavy atom. The number of esters is 2. The first-order valence-electron chi connectivity index (χ1n) is 5.68. The summed E-state index contributed by atoms with van der Waals surface area (Å²) in [6.45, 7) is 1.69. The highest BCUT2D eigenvalue weighted by Crippen LogP contribution is 2.34. The van der Waals surface area contributed by atoms with E-state index in [4.69, 9.17) is 4.74 Å². The van der Waals surface area contributed by atoms with Crippen LogP contribution in [0.25, 0.3) is 0 Å². The lowest BCUT2D eigenvalue weighted by Crippen LogP contribution is -2.24. The first-order valence-corrected chi connectivity index (χ1v) is 5.68. The van der Waals surface area contributed by atoms with Gasteiger partial charge in [0.05, 0.1) is 12.2 Å². The van der Waals surface area contributed by atoms with Crippen molar-refractivity contribution >= 4 is 17.7 Å². The van der Waals surface area contributed by atoms with Crippen molar-refractivity contribution in [1.29, 1.82) is 0 Å². The molecular formula is C13H12O5. The Bertz CT molecular complexity index is 507. The number of hydrogen-bond acceptors (Lipinski definition) is 5. The van der Waals surface area contributed by atoms with E-state index < -0.39 is 11.9 Å². The molecule has 5 nitrogen and oxygen atoms in total.